The van der Waals surface area contributed by atoms with Crippen LogP contribution < -0.4 is 11.1 Å². The number of hydrogen-bond acceptors (Lipinski definition) is 5. The smallest absolute Gasteiger partial charge is 0.184 e. The third-order valence-corrected chi connectivity index (χ3v) is 4.85. The van der Waals surface area contributed by atoms with Crippen molar-refractivity contribution in [3.63, 3.8) is 0 Å². The van der Waals surface area contributed by atoms with Crippen molar-refractivity contribution in [2.24, 2.45) is 0 Å². The fourth-order valence-electron chi connectivity index (χ4n) is 2.93. The van der Waals surface area contributed by atoms with E-state index in [0.717, 1.165) is 36.1 Å². The summed E-state index contributed by atoms with van der Waals surface area (Å²) in [5.41, 5.74) is 7.12. The number of rotatable bonds is 4. The van der Waals surface area contributed by atoms with Crippen LogP contribution in [0.2, 0.25) is 0 Å². The average Bonchev–Trinajstić information content (AvgIpc) is 2.88. The van der Waals surface area contributed by atoms with Crippen LogP contribution in [0, 0.1) is 0 Å². The minimum absolute atomic E-state index is 0.498. The van der Waals surface area contributed by atoms with Gasteiger partial charge in [0, 0.05) is 25.2 Å². The fraction of sp³-hybridized carbons (Fsp3) is 0.438. The van der Waals surface area contributed by atoms with Crippen molar-refractivity contribution in [2.45, 2.75) is 38.4 Å². The zero-order valence-corrected chi connectivity index (χ0v) is 13.1. The van der Waals surface area contributed by atoms with Gasteiger partial charge in [0.15, 0.2) is 5.13 Å². The van der Waals surface area contributed by atoms with E-state index in [2.05, 4.69) is 52.5 Å². The van der Waals surface area contributed by atoms with E-state index in [1.165, 1.54) is 16.9 Å². The molecule has 2 atom stereocenters. The van der Waals surface area contributed by atoms with E-state index in [0.29, 0.717) is 12.1 Å². The van der Waals surface area contributed by atoms with Crippen molar-refractivity contribution in [3.8, 4) is 0 Å². The molecular formula is C16H22N4S. The largest absolute Gasteiger partial charge is 0.389 e. The molecule has 0 saturated carbocycles. The van der Waals surface area contributed by atoms with Gasteiger partial charge in [0.25, 0.3) is 0 Å². The molecule has 0 radical (unpaired) electrons. The van der Waals surface area contributed by atoms with E-state index in [9.17, 15) is 0 Å². The fourth-order valence-corrected chi connectivity index (χ4v) is 3.59. The molecule has 0 bridgehead atoms. The maximum Gasteiger partial charge on any atom is 0.184 e. The number of aromatic nitrogens is 1. The Kier molecular flexibility index (Phi) is 4.41. The molecule has 0 amide bonds. The van der Waals surface area contributed by atoms with Crippen molar-refractivity contribution >= 4 is 21.5 Å². The number of piperidine rings is 1. The predicted molar refractivity (Wildman–Crippen MR) is 89.5 cm³/mol. The van der Waals surface area contributed by atoms with Gasteiger partial charge < -0.3 is 11.1 Å². The standard InChI is InChI=1S/C16H22N4S/c1-12-9-14(19-16-18-10-15(17)21-16)7-8-20(12)11-13-5-3-2-4-6-13/h2-6,10,12,14H,7-9,11,17H2,1H3,(H,18,19). The summed E-state index contributed by atoms with van der Waals surface area (Å²) >= 11 is 1.53. The summed E-state index contributed by atoms with van der Waals surface area (Å²) in [5, 5.41) is 5.23. The van der Waals surface area contributed by atoms with E-state index < -0.39 is 0 Å². The first-order chi connectivity index (χ1) is 10.2. The molecule has 1 aliphatic heterocycles. The molecule has 1 aromatic heterocycles. The number of benzene rings is 1. The molecule has 112 valence electrons. The molecule has 4 nitrogen and oxygen atoms in total. The lowest BCUT2D eigenvalue weighted by atomic mass is 9.98. The molecule has 21 heavy (non-hydrogen) atoms. The normalized spacial score (nSPS) is 23.1. The van der Waals surface area contributed by atoms with Crippen LogP contribution in [0.1, 0.15) is 25.3 Å². The second-order valence-electron chi connectivity index (χ2n) is 5.74. The Morgan fingerprint density at radius 2 is 2.19 bits per heavy atom. The van der Waals surface area contributed by atoms with E-state index in [-0.39, 0.29) is 0 Å². The van der Waals surface area contributed by atoms with Crippen LogP contribution in [0.15, 0.2) is 36.5 Å². The Bertz CT molecular complexity index is 569. The third-order valence-electron chi connectivity index (χ3n) is 4.09. The molecule has 2 aromatic rings. The first kappa shape index (κ1) is 14.4. The average molecular weight is 302 g/mol. The Labute approximate surface area is 130 Å². The van der Waals surface area contributed by atoms with E-state index >= 15 is 0 Å². The van der Waals surface area contributed by atoms with Crippen LogP contribution in [0.4, 0.5) is 10.1 Å². The highest BCUT2D eigenvalue weighted by molar-refractivity contribution is 7.19. The van der Waals surface area contributed by atoms with Crippen LogP contribution >= 0.6 is 11.3 Å². The number of hydrogen-bond donors (Lipinski definition) is 2. The summed E-state index contributed by atoms with van der Waals surface area (Å²) in [6.07, 6.45) is 4.02. The highest BCUT2D eigenvalue weighted by Gasteiger charge is 2.25. The quantitative estimate of drug-likeness (QED) is 0.910. The lowest BCUT2D eigenvalue weighted by Crippen LogP contribution is -2.44. The summed E-state index contributed by atoms with van der Waals surface area (Å²) in [7, 11) is 0. The van der Waals surface area contributed by atoms with Gasteiger partial charge in [0.05, 0.1) is 6.20 Å². The molecule has 2 heterocycles. The Morgan fingerprint density at radius 1 is 1.38 bits per heavy atom. The number of nitrogens with zero attached hydrogens (tertiary/aromatic N) is 2. The zero-order chi connectivity index (χ0) is 14.7. The van der Waals surface area contributed by atoms with Gasteiger partial charge in [-0.05, 0) is 25.3 Å². The van der Waals surface area contributed by atoms with Crippen LogP contribution in [0.25, 0.3) is 0 Å². The van der Waals surface area contributed by atoms with Gasteiger partial charge in [-0.1, -0.05) is 41.7 Å². The highest BCUT2D eigenvalue weighted by Crippen LogP contribution is 2.25. The van der Waals surface area contributed by atoms with Crippen LogP contribution in [-0.2, 0) is 6.54 Å². The first-order valence-electron chi connectivity index (χ1n) is 7.46. The minimum Gasteiger partial charge on any atom is -0.389 e. The van der Waals surface area contributed by atoms with Gasteiger partial charge in [-0.25, -0.2) is 4.98 Å². The van der Waals surface area contributed by atoms with Crippen molar-refractivity contribution in [1.82, 2.24) is 9.88 Å². The van der Waals surface area contributed by atoms with Gasteiger partial charge in [-0.15, -0.1) is 0 Å². The van der Waals surface area contributed by atoms with Crippen LogP contribution in [0.3, 0.4) is 0 Å². The second-order valence-corrected chi connectivity index (χ2v) is 6.80. The summed E-state index contributed by atoms with van der Waals surface area (Å²) < 4.78 is 0. The van der Waals surface area contributed by atoms with E-state index in [1.807, 2.05) is 0 Å². The highest BCUT2D eigenvalue weighted by atomic mass is 32.1. The van der Waals surface area contributed by atoms with E-state index in [4.69, 9.17) is 5.73 Å². The van der Waals surface area contributed by atoms with Gasteiger partial charge in [-0.3, -0.25) is 4.90 Å². The molecule has 5 heteroatoms. The molecule has 0 spiro atoms. The van der Waals surface area contributed by atoms with Gasteiger partial charge in [-0.2, -0.15) is 0 Å². The molecule has 3 rings (SSSR count). The number of anilines is 2. The summed E-state index contributed by atoms with van der Waals surface area (Å²) in [4.78, 5) is 6.85. The van der Waals surface area contributed by atoms with Crippen LogP contribution in [0.5, 0.6) is 0 Å². The van der Waals surface area contributed by atoms with Crippen molar-refractivity contribution in [1.29, 1.82) is 0 Å². The number of likely N-dealkylation sites (tertiary alicyclic amines) is 1. The summed E-state index contributed by atoms with van der Waals surface area (Å²) in [6, 6.07) is 11.8. The SMILES string of the molecule is CC1CC(Nc2ncc(N)s2)CCN1Cc1ccccc1. The topological polar surface area (TPSA) is 54.2 Å². The lowest BCUT2D eigenvalue weighted by molar-refractivity contribution is 0.144. The molecule has 1 aromatic carbocycles. The van der Waals surface area contributed by atoms with Gasteiger partial charge >= 0.3 is 0 Å². The second kappa shape index (κ2) is 6.45. The molecule has 1 fully saturated rings. The Balaban J connectivity index is 1.54. The predicted octanol–water partition coefficient (Wildman–Crippen LogP) is 3.19. The number of nitrogens with two attached hydrogens (primary N) is 1. The maximum atomic E-state index is 5.73. The molecule has 2 unspecified atom stereocenters. The van der Waals surface area contributed by atoms with Crippen LogP contribution in [-0.4, -0.2) is 28.5 Å². The monoisotopic (exact) mass is 302 g/mol. The van der Waals surface area contributed by atoms with E-state index in [1.54, 1.807) is 6.20 Å². The van der Waals surface area contributed by atoms with Crippen molar-refractivity contribution in [2.75, 3.05) is 17.6 Å². The van der Waals surface area contributed by atoms with Gasteiger partial charge in [0.2, 0.25) is 0 Å². The maximum absolute atomic E-state index is 5.73. The zero-order valence-electron chi connectivity index (χ0n) is 12.3. The molecule has 3 N–H and O–H groups in total. The summed E-state index contributed by atoms with van der Waals surface area (Å²) in [6.45, 7) is 4.47. The lowest BCUT2D eigenvalue weighted by Gasteiger charge is -2.38. The molecule has 1 saturated heterocycles. The number of nitrogen functional groups attached to an aromatic ring is 1. The van der Waals surface area contributed by atoms with Crippen molar-refractivity contribution in [3.05, 3.63) is 42.1 Å². The minimum atomic E-state index is 0.498. The Hall–Kier alpha value is -1.59. The molecular weight excluding hydrogens is 280 g/mol. The summed E-state index contributed by atoms with van der Waals surface area (Å²) in [5.74, 6) is 0. The van der Waals surface area contributed by atoms with Crippen molar-refractivity contribution < 1.29 is 0 Å². The number of nitrogens with one attached hydrogen (secondary N) is 1. The molecule has 1 aliphatic rings. The third kappa shape index (κ3) is 3.74. The number of thiazole rings is 1. The first-order valence-corrected chi connectivity index (χ1v) is 8.28. The van der Waals surface area contributed by atoms with Gasteiger partial charge in [0.1, 0.15) is 5.00 Å². The molecule has 0 aliphatic carbocycles. The Morgan fingerprint density at radius 3 is 2.86 bits per heavy atom.